The fourth-order valence-electron chi connectivity index (χ4n) is 2.81. The highest BCUT2D eigenvalue weighted by atomic mass is 32.2. The molecule has 2 nitrogen and oxygen atoms in total. The van der Waals surface area contributed by atoms with Gasteiger partial charge in [0.25, 0.3) is 0 Å². The summed E-state index contributed by atoms with van der Waals surface area (Å²) in [6, 6.07) is 1.33. The SMILES string of the molecule is CSCCC(C)NC1CCOC2(CCSC2)C1. The Morgan fingerprint density at radius 1 is 1.59 bits per heavy atom. The van der Waals surface area contributed by atoms with Crippen LogP contribution in [0.1, 0.15) is 32.6 Å². The predicted octanol–water partition coefficient (Wildman–Crippen LogP) is 2.77. The molecule has 2 rings (SSSR count). The van der Waals surface area contributed by atoms with Gasteiger partial charge < -0.3 is 10.1 Å². The lowest BCUT2D eigenvalue weighted by atomic mass is 9.89. The highest BCUT2D eigenvalue weighted by molar-refractivity contribution is 7.99. The minimum absolute atomic E-state index is 0.222. The fraction of sp³-hybridized carbons (Fsp3) is 1.00. The number of hydrogen-bond donors (Lipinski definition) is 1. The molecule has 0 bridgehead atoms. The first-order valence-electron chi connectivity index (χ1n) is 6.71. The molecule has 2 aliphatic heterocycles. The molecule has 0 amide bonds. The fourth-order valence-corrected chi connectivity index (χ4v) is 4.78. The van der Waals surface area contributed by atoms with Crippen LogP contribution in [0.15, 0.2) is 0 Å². The Morgan fingerprint density at radius 2 is 2.47 bits per heavy atom. The van der Waals surface area contributed by atoms with Crippen molar-refractivity contribution in [3.63, 3.8) is 0 Å². The molecule has 1 N–H and O–H groups in total. The van der Waals surface area contributed by atoms with Crippen molar-refractivity contribution in [1.82, 2.24) is 5.32 Å². The monoisotopic (exact) mass is 275 g/mol. The van der Waals surface area contributed by atoms with E-state index in [1.54, 1.807) is 0 Å². The van der Waals surface area contributed by atoms with E-state index in [0.717, 1.165) is 6.61 Å². The molecule has 0 saturated carbocycles. The normalized spacial score (nSPS) is 35.3. The summed E-state index contributed by atoms with van der Waals surface area (Å²) in [5.41, 5.74) is 0.222. The third-order valence-corrected chi connectivity index (χ3v) is 5.70. The van der Waals surface area contributed by atoms with Crippen molar-refractivity contribution in [2.75, 3.05) is 30.1 Å². The minimum atomic E-state index is 0.222. The quantitative estimate of drug-likeness (QED) is 0.832. The van der Waals surface area contributed by atoms with E-state index in [9.17, 15) is 0 Å². The van der Waals surface area contributed by atoms with Crippen LogP contribution in [0.25, 0.3) is 0 Å². The topological polar surface area (TPSA) is 21.3 Å². The number of ether oxygens (including phenoxy) is 1. The lowest BCUT2D eigenvalue weighted by Gasteiger charge is -2.39. The van der Waals surface area contributed by atoms with Crippen LogP contribution in [0.3, 0.4) is 0 Å². The highest BCUT2D eigenvalue weighted by Crippen LogP contribution is 2.38. The van der Waals surface area contributed by atoms with Crippen LogP contribution in [-0.4, -0.2) is 47.8 Å². The van der Waals surface area contributed by atoms with Gasteiger partial charge in [-0.2, -0.15) is 23.5 Å². The number of rotatable bonds is 5. The van der Waals surface area contributed by atoms with E-state index in [4.69, 9.17) is 4.74 Å². The second-order valence-electron chi connectivity index (χ2n) is 5.37. The van der Waals surface area contributed by atoms with Crippen molar-refractivity contribution in [3.05, 3.63) is 0 Å². The van der Waals surface area contributed by atoms with E-state index < -0.39 is 0 Å². The van der Waals surface area contributed by atoms with Crippen molar-refractivity contribution in [2.45, 2.75) is 50.3 Å². The van der Waals surface area contributed by atoms with E-state index in [2.05, 4.69) is 30.3 Å². The Hall–Kier alpha value is 0.620. The lowest BCUT2D eigenvalue weighted by molar-refractivity contribution is -0.0711. The van der Waals surface area contributed by atoms with Crippen LogP contribution in [-0.2, 0) is 4.74 Å². The molecule has 0 aromatic rings. The lowest BCUT2D eigenvalue weighted by Crippen LogP contribution is -2.49. The van der Waals surface area contributed by atoms with Crippen molar-refractivity contribution < 1.29 is 4.74 Å². The second-order valence-corrected chi connectivity index (χ2v) is 7.46. The van der Waals surface area contributed by atoms with E-state index in [1.165, 1.54) is 42.9 Å². The molecule has 3 atom stereocenters. The first-order valence-corrected chi connectivity index (χ1v) is 9.26. The summed E-state index contributed by atoms with van der Waals surface area (Å²) in [7, 11) is 0. The van der Waals surface area contributed by atoms with Crippen molar-refractivity contribution >= 4 is 23.5 Å². The number of nitrogens with one attached hydrogen (secondary N) is 1. The average molecular weight is 275 g/mol. The van der Waals surface area contributed by atoms with Gasteiger partial charge in [-0.05, 0) is 50.4 Å². The van der Waals surface area contributed by atoms with E-state index in [0.29, 0.717) is 12.1 Å². The first-order chi connectivity index (χ1) is 8.24. The third kappa shape index (κ3) is 4.05. The molecule has 4 heteroatoms. The van der Waals surface area contributed by atoms with E-state index in [1.807, 2.05) is 11.8 Å². The Kier molecular flexibility index (Phi) is 5.52. The number of thioether (sulfide) groups is 2. The Bertz CT molecular complexity index is 231. The third-order valence-electron chi connectivity index (χ3n) is 3.84. The van der Waals surface area contributed by atoms with Gasteiger partial charge in [0.15, 0.2) is 0 Å². The molecule has 2 saturated heterocycles. The van der Waals surface area contributed by atoms with Crippen molar-refractivity contribution in [2.24, 2.45) is 0 Å². The summed E-state index contributed by atoms with van der Waals surface area (Å²) < 4.78 is 6.05. The Balaban J connectivity index is 1.77. The molecule has 0 aromatic carbocycles. The summed E-state index contributed by atoms with van der Waals surface area (Å²) in [6.07, 6.45) is 7.14. The maximum Gasteiger partial charge on any atom is 0.0795 e. The van der Waals surface area contributed by atoms with Crippen LogP contribution in [0.5, 0.6) is 0 Å². The zero-order valence-electron chi connectivity index (χ0n) is 11.0. The zero-order valence-corrected chi connectivity index (χ0v) is 12.7. The first kappa shape index (κ1) is 14.0. The standard InChI is InChI=1S/C13H25NOS2/c1-11(4-7-16-2)14-12-3-6-15-13(9-12)5-8-17-10-13/h11-12,14H,3-10H2,1-2H3. The molecule has 0 aromatic heterocycles. The molecule has 100 valence electrons. The van der Waals surface area contributed by atoms with Crippen LogP contribution >= 0.6 is 23.5 Å². The largest absolute Gasteiger partial charge is 0.374 e. The van der Waals surface area contributed by atoms with Gasteiger partial charge in [0.2, 0.25) is 0 Å². The van der Waals surface area contributed by atoms with Crippen LogP contribution in [0.2, 0.25) is 0 Å². The van der Waals surface area contributed by atoms with Gasteiger partial charge >= 0.3 is 0 Å². The van der Waals surface area contributed by atoms with Gasteiger partial charge in [-0.3, -0.25) is 0 Å². The molecular formula is C13H25NOS2. The molecular weight excluding hydrogens is 250 g/mol. The highest BCUT2D eigenvalue weighted by Gasteiger charge is 2.40. The molecule has 17 heavy (non-hydrogen) atoms. The number of hydrogen-bond acceptors (Lipinski definition) is 4. The summed E-state index contributed by atoms with van der Waals surface area (Å²) in [6.45, 7) is 3.27. The van der Waals surface area contributed by atoms with Crippen molar-refractivity contribution in [3.8, 4) is 0 Å². The van der Waals surface area contributed by atoms with Crippen LogP contribution in [0.4, 0.5) is 0 Å². The smallest absolute Gasteiger partial charge is 0.0795 e. The summed E-state index contributed by atoms with van der Waals surface area (Å²) in [5, 5.41) is 3.80. The zero-order chi connectivity index (χ0) is 12.1. The average Bonchev–Trinajstić information content (AvgIpc) is 2.74. The van der Waals surface area contributed by atoms with Gasteiger partial charge in [-0.1, -0.05) is 0 Å². The molecule has 0 aliphatic carbocycles. The van der Waals surface area contributed by atoms with E-state index >= 15 is 0 Å². The van der Waals surface area contributed by atoms with Gasteiger partial charge in [0.1, 0.15) is 0 Å². The molecule has 3 unspecified atom stereocenters. The van der Waals surface area contributed by atoms with Crippen molar-refractivity contribution in [1.29, 1.82) is 0 Å². The molecule has 1 spiro atoms. The molecule has 2 fully saturated rings. The maximum atomic E-state index is 6.05. The predicted molar refractivity (Wildman–Crippen MR) is 79.2 cm³/mol. The Labute approximate surface area is 114 Å². The maximum absolute atomic E-state index is 6.05. The van der Waals surface area contributed by atoms with E-state index in [-0.39, 0.29) is 5.60 Å². The summed E-state index contributed by atoms with van der Waals surface area (Å²) in [4.78, 5) is 0. The Morgan fingerprint density at radius 3 is 3.18 bits per heavy atom. The molecule has 2 heterocycles. The van der Waals surface area contributed by atoms with Gasteiger partial charge in [-0.15, -0.1) is 0 Å². The second kappa shape index (κ2) is 6.69. The van der Waals surface area contributed by atoms with Crippen LogP contribution < -0.4 is 5.32 Å². The van der Waals surface area contributed by atoms with Gasteiger partial charge in [-0.25, -0.2) is 0 Å². The summed E-state index contributed by atoms with van der Waals surface area (Å²) >= 11 is 4.00. The summed E-state index contributed by atoms with van der Waals surface area (Å²) in [5.74, 6) is 3.76. The molecule has 2 aliphatic rings. The van der Waals surface area contributed by atoms with Gasteiger partial charge in [0, 0.05) is 24.4 Å². The van der Waals surface area contributed by atoms with Gasteiger partial charge in [0.05, 0.1) is 5.60 Å². The van der Waals surface area contributed by atoms with Crippen LogP contribution in [0, 0.1) is 0 Å². The molecule has 0 radical (unpaired) electrons. The minimum Gasteiger partial charge on any atom is -0.374 e.